The minimum Gasteiger partial charge on any atom is -0.497 e. The highest BCUT2D eigenvalue weighted by molar-refractivity contribution is 6.05. The van der Waals surface area contributed by atoms with Crippen molar-refractivity contribution in [1.29, 1.82) is 0 Å². The fraction of sp³-hybridized carbons (Fsp3) is 0.623. The van der Waals surface area contributed by atoms with Gasteiger partial charge in [-0.05, 0) is 92.5 Å². The highest BCUT2D eigenvalue weighted by Crippen LogP contribution is 2.28. The lowest BCUT2D eigenvalue weighted by atomic mass is 9.91. The number of aliphatic hydroxyl groups is 1. The zero-order chi connectivity index (χ0) is 62.4. The molecule has 13 atom stereocenters. The molecule has 0 spiro atoms. The van der Waals surface area contributed by atoms with Gasteiger partial charge < -0.3 is 60.0 Å². The van der Waals surface area contributed by atoms with Crippen molar-refractivity contribution in [2.75, 3.05) is 34.3 Å². The largest absolute Gasteiger partial charge is 0.497 e. The van der Waals surface area contributed by atoms with E-state index in [0.29, 0.717) is 29.7 Å². The van der Waals surface area contributed by atoms with Crippen LogP contribution in [0.4, 0.5) is 0 Å². The van der Waals surface area contributed by atoms with Crippen LogP contribution >= 0.6 is 0 Å². The Kier molecular flexibility index (Phi) is 24.4. The molecule has 3 aliphatic heterocycles. The van der Waals surface area contributed by atoms with Gasteiger partial charge in [0.05, 0.1) is 38.1 Å². The van der Waals surface area contributed by atoms with E-state index < -0.39 is 162 Å². The molecule has 4 unspecified atom stereocenters. The van der Waals surface area contributed by atoms with Crippen LogP contribution in [0, 0.1) is 35.5 Å². The molecular weight excluding hydrogens is 1090 g/mol. The van der Waals surface area contributed by atoms with Gasteiger partial charge in [-0.1, -0.05) is 98.2 Å². The SMILES string of the molecule is CC[C@H](C)[C@H]1NC(=O)[C@@H](NC(=O)[C@@H](CC(C)C)N(C)C(=O)CNC(=O)C2C=C3C=CC=CC3OC2=O)[C@@H](C)OC(=O)C(Cc2ccc(OC)cc2)N(C)C(=O)C2CCCN2C(=O)[C@H](CC(C)C)NC(=O)[C@@H](C)C(=O)[C@H](C(C)C)OC(=O)C[C@@H]1O. The number of ketones is 1. The second-order valence-corrected chi connectivity index (χ2v) is 23.6. The zero-order valence-corrected chi connectivity index (χ0v) is 50.7. The molecule has 2 saturated heterocycles. The number of carbonyl (C=O) groups excluding carboxylic acids is 11. The Morgan fingerprint density at radius 3 is 2.17 bits per heavy atom. The lowest BCUT2D eigenvalue weighted by molar-refractivity contribution is -0.163. The molecule has 2 fully saturated rings. The topological polar surface area (TPSA) is 303 Å². The normalized spacial score (nSPS) is 27.6. The van der Waals surface area contributed by atoms with Gasteiger partial charge in [0.2, 0.25) is 41.4 Å². The van der Waals surface area contributed by atoms with Crippen LogP contribution < -0.4 is 26.0 Å². The van der Waals surface area contributed by atoms with Gasteiger partial charge in [-0.2, -0.15) is 0 Å². The van der Waals surface area contributed by atoms with Crippen molar-refractivity contribution >= 4 is 65.0 Å². The number of likely N-dealkylation sites (N-methyl/N-ethyl adjacent to an activating group) is 2. The summed E-state index contributed by atoms with van der Waals surface area (Å²) in [6.45, 7) is 16.1. The molecule has 1 aliphatic carbocycles. The standard InChI is InChI=1S/C61H87N7O16/c1-14-35(8)50-46(69)30-49(71)84-53(34(6)7)52(72)36(9)54(73)63-42(26-32(2)3)58(77)68-25-17-19-43(68)59(78)67(12)45(28-38-21-23-40(81-13)24-22-38)61(80)82-37(10)51(57(76)64-50)65-56(75)44(27-33(4)5)66(11)48(70)31-62-55(74)41-29-39-18-15-16-20-47(39)83-60(41)79/h15-16,18,20-24,29,32-37,41-47,50-51,53,69H,14,17,19,25-28,30-31H2,1-13H3,(H,62,74)(H,63,73)(H,64,76)(H,65,75)/t35-,36-,37+,41?,42-,43?,44+,45?,46-,47?,50+,51-,53-/m0/s1. The number of hydrogen-bond donors (Lipinski definition) is 5. The van der Waals surface area contributed by atoms with E-state index in [2.05, 4.69) is 21.3 Å². The molecule has 84 heavy (non-hydrogen) atoms. The van der Waals surface area contributed by atoms with Crippen LogP contribution in [-0.2, 0) is 73.4 Å². The number of methoxy groups -OCH3 is 1. The van der Waals surface area contributed by atoms with Gasteiger partial charge in [-0.25, -0.2) is 4.79 Å². The second kappa shape index (κ2) is 30.4. The first-order valence-corrected chi connectivity index (χ1v) is 29.1. The number of esters is 3. The molecule has 0 bridgehead atoms. The van der Waals surface area contributed by atoms with E-state index in [1.165, 1.54) is 50.9 Å². The summed E-state index contributed by atoms with van der Waals surface area (Å²) in [7, 11) is 4.19. The fourth-order valence-corrected chi connectivity index (χ4v) is 10.6. The summed E-state index contributed by atoms with van der Waals surface area (Å²) < 4.78 is 22.6. The first-order chi connectivity index (χ1) is 39.6. The summed E-state index contributed by atoms with van der Waals surface area (Å²) in [5.74, 6) is -13.1. The first kappa shape index (κ1) is 67.4. The number of allylic oxidation sites excluding steroid dienone is 2. The Hall–Kier alpha value is -7.43. The van der Waals surface area contributed by atoms with Crippen LogP contribution in [0.1, 0.15) is 113 Å². The molecule has 1 aromatic carbocycles. The number of ether oxygens (including phenoxy) is 4. The molecule has 23 nitrogen and oxygen atoms in total. The molecule has 0 saturated carbocycles. The molecule has 0 radical (unpaired) electrons. The van der Waals surface area contributed by atoms with E-state index in [4.69, 9.17) is 18.9 Å². The molecule has 5 N–H and O–H groups in total. The summed E-state index contributed by atoms with van der Waals surface area (Å²) in [5.41, 5.74) is 1.14. The van der Waals surface area contributed by atoms with Crippen LogP contribution in [0.25, 0.3) is 0 Å². The molecule has 5 rings (SSSR count). The predicted octanol–water partition coefficient (Wildman–Crippen LogP) is 2.65. The number of amides is 7. The number of carbonyl (C=O) groups is 11. The van der Waals surface area contributed by atoms with Gasteiger partial charge >= 0.3 is 17.9 Å². The number of fused-ring (bicyclic) bond motifs is 2. The zero-order valence-electron chi connectivity index (χ0n) is 50.7. The average molecular weight is 1170 g/mol. The average Bonchev–Trinajstić information content (AvgIpc) is 4.12. The maximum Gasteiger partial charge on any atom is 0.329 e. The van der Waals surface area contributed by atoms with E-state index in [0.717, 1.165) is 4.90 Å². The highest BCUT2D eigenvalue weighted by atomic mass is 16.6. The van der Waals surface area contributed by atoms with Crippen molar-refractivity contribution in [3.8, 4) is 5.75 Å². The molecule has 3 heterocycles. The van der Waals surface area contributed by atoms with E-state index >= 15 is 4.79 Å². The number of rotatable bonds is 16. The van der Waals surface area contributed by atoms with Crippen molar-refractivity contribution in [3.63, 3.8) is 0 Å². The Morgan fingerprint density at radius 1 is 0.869 bits per heavy atom. The Bertz CT molecular complexity index is 2690. The van der Waals surface area contributed by atoms with Gasteiger partial charge in [-0.3, -0.25) is 47.9 Å². The number of nitrogens with one attached hydrogen (secondary N) is 4. The number of benzene rings is 1. The molecule has 1 aromatic rings. The number of cyclic esters (lactones) is 2. The molecule has 23 heteroatoms. The lowest BCUT2D eigenvalue weighted by Gasteiger charge is -2.36. The van der Waals surface area contributed by atoms with Gasteiger partial charge in [0.25, 0.3) is 0 Å². The van der Waals surface area contributed by atoms with Crippen LogP contribution in [-0.4, -0.2) is 180 Å². The summed E-state index contributed by atoms with van der Waals surface area (Å²) in [4.78, 5) is 160. The lowest BCUT2D eigenvalue weighted by Crippen LogP contribution is -2.62. The molecule has 462 valence electrons. The maximum atomic E-state index is 15.0. The predicted molar refractivity (Wildman–Crippen MR) is 307 cm³/mol. The molecule has 0 aromatic heterocycles. The molecular formula is C61H87N7O16. The van der Waals surface area contributed by atoms with Gasteiger partial charge in [0, 0.05) is 27.1 Å². The molecule has 7 amide bonds. The van der Waals surface area contributed by atoms with Crippen LogP contribution in [0.15, 0.2) is 60.2 Å². The van der Waals surface area contributed by atoms with E-state index in [9.17, 15) is 53.1 Å². The van der Waals surface area contributed by atoms with Crippen molar-refractivity contribution in [3.05, 3.63) is 65.8 Å². The number of aliphatic hydroxyl groups excluding tert-OH is 1. The van der Waals surface area contributed by atoms with E-state index in [1.807, 2.05) is 13.8 Å². The number of Topliss-reactive ketones (excluding diaryl/α,β-unsaturated/α-hetero) is 1. The van der Waals surface area contributed by atoms with Crippen LogP contribution in [0.5, 0.6) is 5.75 Å². The molecule has 4 aliphatic rings. The van der Waals surface area contributed by atoms with Crippen LogP contribution in [0.3, 0.4) is 0 Å². The maximum absolute atomic E-state index is 15.0. The third kappa shape index (κ3) is 17.3. The van der Waals surface area contributed by atoms with Crippen molar-refractivity contribution in [1.82, 2.24) is 36.0 Å². The number of nitrogens with zero attached hydrogens (tertiary/aromatic N) is 3. The quantitative estimate of drug-likeness (QED) is 0.0903. The second-order valence-electron chi connectivity index (χ2n) is 23.6. The van der Waals surface area contributed by atoms with Crippen molar-refractivity contribution in [2.45, 2.75) is 175 Å². The summed E-state index contributed by atoms with van der Waals surface area (Å²) in [6, 6.07) is -1.43. The summed E-state index contributed by atoms with van der Waals surface area (Å²) >= 11 is 0. The Labute approximate surface area is 492 Å². The summed E-state index contributed by atoms with van der Waals surface area (Å²) in [6.07, 6.45) is 3.00. The monoisotopic (exact) mass is 1170 g/mol. The minimum absolute atomic E-state index is 0.0156. The Balaban J connectivity index is 1.56. The van der Waals surface area contributed by atoms with E-state index in [-0.39, 0.29) is 44.1 Å². The number of hydrogen-bond acceptors (Lipinski definition) is 16. The van der Waals surface area contributed by atoms with Gasteiger partial charge in [0.15, 0.2) is 17.8 Å². The minimum atomic E-state index is -1.80. The fourth-order valence-electron chi connectivity index (χ4n) is 10.6. The third-order valence-corrected chi connectivity index (χ3v) is 15.9. The van der Waals surface area contributed by atoms with E-state index in [1.54, 1.807) is 90.1 Å². The van der Waals surface area contributed by atoms with Crippen LogP contribution in [0.2, 0.25) is 0 Å². The Morgan fingerprint density at radius 2 is 1.55 bits per heavy atom. The first-order valence-electron chi connectivity index (χ1n) is 29.1. The highest BCUT2D eigenvalue weighted by Gasteiger charge is 2.45. The smallest absolute Gasteiger partial charge is 0.329 e. The van der Waals surface area contributed by atoms with Crippen molar-refractivity contribution in [2.24, 2.45) is 35.5 Å². The van der Waals surface area contributed by atoms with Gasteiger partial charge in [0.1, 0.15) is 48.2 Å². The van der Waals surface area contributed by atoms with Gasteiger partial charge in [-0.15, -0.1) is 0 Å². The third-order valence-electron chi connectivity index (χ3n) is 15.9. The van der Waals surface area contributed by atoms with Crippen molar-refractivity contribution < 1.29 is 76.8 Å². The summed E-state index contributed by atoms with van der Waals surface area (Å²) in [5, 5.41) is 22.5.